The highest BCUT2D eigenvalue weighted by molar-refractivity contribution is 7.11. The second kappa shape index (κ2) is 10.5. The molecule has 0 bridgehead atoms. The largest absolute Gasteiger partial charge is 0.453 e. The van der Waals surface area contributed by atoms with Crippen molar-refractivity contribution in [3.05, 3.63) is 45.4 Å². The standard InChI is InChI=1S/C19H27N5O2S/c1-5-20-18(21-11-10-17-23-13(2)14(3)27-17)22-12-15-6-8-16(9-7-15)24-19(25)26-4/h6-9H,5,10-12H2,1-4H3,(H,24,25)(H2,20,21,22). The van der Waals surface area contributed by atoms with Gasteiger partial charge in [-0.3, -0.25) is 5.32 Å². The highest BCUT2D eigenvalue weighted by Gasteiger charge is 2.04. The third kappa shape index (κ3) is 6.90. The van der Waals surface area contributed by atoms with Crippen LogP contribution in [0, 0.1) is 13.8 Å². The molecule has 0 atom stereocenters. The van der Waals surface area contributed by atoms with Gasteiger partial charge in [0.2, 0.25) is 0 Å². The number of hydrogen-bond acceptors (Lipinski definition) is 5. The summed E-state index contributed by atoms with van der Waals surface area (Å²) < 4.78 is 4.58. The van der Waals surface area contributed by atoms with E-state index in [4.69, 9.17) is 0 Å². The fourth-order valence-corrected chi connectivity index (χ4v) is 3.24. The van der Waals surface area contributed by atoms with Crippen molar-refractivity contribution in [3.63, 3.8) is 0 Å². The number of anilines is 1. The monoisotopic (exact) mass is 389 g/mol. The van der Waals surface area contributed by atoms with Gasteiger partial charge in [0.1, 0.15) is 0 Å². The summed E-state index contributed by atoms with van der Waals surface area (Å²) in [4.78, 5) is 21.6. The number of thiazole rings is 1. The zero-order valence-corrected chi connectivity index (χ0v) is 17.1. The first-order valence-electron chi connectivity index (χ1n) is 8.90. The van der Waals surface area contributed by atoms with Crippen LogP contribution in [-0.4, -0.2) is 37.2 Å². The minimum atomic E-state index is -0.481. The molecule has 0 saturated carbocycles. The van der Waals surface area contributed by atoms with E-state index in [0.717, 1.165) is 41.7 Å². The van der Waals surface area contributed by atoms with Gasteiger partial charge in [0, 0.05) is 30.1 Å². The molecular weight excluding hydrogens is 362 g/mol. The van der Waals surface area contributed by atoms with Crippen molar-refractivity contribution in [3.8, 4) is 0 Å². The van der Waals surface area contributed by atoms with E-state index in [9.17, 15) is 4.79 Å². The van der Waals surface area contributed by atoms with E-state index in [1.165, 1.54) is 12.0 Å². The maximum atomic E-state index is 11.2. The highest BCUT2D eigenvalue weighted by Crippen LogP contribution is 2.16. The summed E-state index contributed by atoms with van der Waals surface area (Å²) in [6.07, 6.45) is 0.391. The summed E-state index contributed by atoms with van der Waals surface area (Å²) in [5, 5.41) is 10.4. The molecule has 146 valence electrons. The zero-order chi connectivity index (χ0) is 19.6. The summed E-state index contributed by atoms with van der Waals surface area (Å²) in [5.41, 5.74) is 2.85. The van der Waals surface area contributed by atoms with Gasteiger partial charge in [-0.15, -0.1) is 11.3 Å². The number of amides is 1. The maximum absolute atomic E-state index is 11.2. The van der Waals surface area contributed by atoms with Crippen LogP contribution < -0.4 is 16.0 Å². The van der Waals surface area contributed by atoms with E-state index in [-0.39, 0.29) is 0 Å². The van der Waals surface area contributed by atoms with Gasteiger partial charge in [-0.1, -0.05) is 12.1 Å². The van der Waals surface area contributed by atoms with Crippen LogP contribution in [-0.2, 0) is 17.7 Å². The summed E-state index contributed by atoms with van der Waals surface area (Å²) in [5.74, 6) is 0.777. The van der Waals surface area contributed by atoms with Crippen molar-refractivity contribution >= 4 is 29.1 Å². The SMILES string of the molecule is CCNC(=NCc1ccc(NC(=O)OC)cc1)NCCc1nc(C)c(C)s1. The Bertz CT molecular complexity index is 751. The first-order chi connectivity index (χ1) is 13.0. The fourth-order valence-electron chi connectivity index (χ4n) is 2.31. The molecule has 0 unspecified atom stereocenters. The van der Waals surface area contributed by atoms with E-state index < -0.39 is 6.09 Å². The molecule has 8 heteroatoms. The van der Waals surface area contributed by atoms with Crippen molar-refractivity contribution in [2.75, 3.05) is 25.5 Å². The Hall–Kier alpha value is -2.61. The maximum Gasteiger partial charge on any atom is 0.411 e. The molecule has 2 aromatic rings. The van der Waals surface area contributed by atoms with E-state index in [1.807, 2.05) is 38.1 Å². The molecule has 1 heterocycles. The Labute approximate surface area is 164 Å². The van der Waals surface area contributed by atoms with Gasteiger partial charge in [-0.05, 0) is 38.5 Å². The molecule has 0 aliphatic heterocycles. The number of aliphatic imine (C=N–C) groups is 1. The van der Waals surface area contributed by atoms with Crippen molar-refractivity contribution < 1.29 is 9.53 Å². The van der Waals surface area contributed by atoms with Crippen LogP contribution in [0.3, 0.4) is 0 Å². The van der Waals surface area contributed by atoms with E-state index >= 15 is 0 Å². The predicted molar refractivity (Wildman–Crippen MR) is 111 cm³/mol. The molecule has 1 aromatic carbocycles. The number of aryl methyl sites for hydroxylation is 2. The number of methoxy groups -OCH3 is 1. The molecular formula is C19H27N5O2S. The number of nitrogens with one attached hydrogen (secondary N) is 3. The molecule has 7 nitrogen and oxygen atoms in total. The third-order valence-corrected chi connectivity index (χ3v) is 4.99. The topological polar surface area (TPSA) is 87.6 Å². The minimum absolute atomic E-state index is 0.481. The lowest BCUT2D eigenvalue weighted by Gasteiger charge is -2.11. The van der Waals surface area contributed by atoms with Gasteiger partial charge in [0.15, 0.2) is 5.96 Å². The van der Waals surface area contributed by atoms with Gasteiger partial charge >= 0.3 is 6.09 Å². The summed E-state index contributed by atoms with van der Waals surface area (Å²) in [7, 11) is 1.34. The molecule has 1 aromatic heterocycles. The lowest BCUT2D eigenvalue weighted by atomic mass is 10.2. The second-order valence-corrected chi connectivity index (χ2v) is 7.22. The molecule has 0 saturated heterocycles. The average molecular weight is 390 g/mol. The van der Waals surface area contributed by atoms with Crippen LogP contribution in [0.2, 0.25) is 0 Å². The van der Waals surface area contributed by atoms with Crippen molar-refractivity contribution in [2.24, 2.45) is 4.99 Å². The Morgan fingerprint density at radius 3 is 2.56 bits per heavy atom. The van der Waals surface area contributed by atoms with Crippen molar-refractivity contribution in [2.45, 2.75) is 33.7 Å². The van der Waals surface area contributed by atoms with Crippen LogP contribution in [0.15, 0.2) is 29.3 Å². The Morgan fingerprint density at radius 2 is 1.96 bits per heavy atom. The van der Waals surface area contributed by atoms with Crippen LogP contribution in [0.5, 0.6) is 0 Å². The highest BCUT2D eigenvalue weighted by atomic mass is 32.1. The van der Waals surface area contributed by atoms with Crippen LogP contribution in [0.4, 0.5) is 10.5 Å². The van der Waals surface area contributed by atoms with Gasteiger partial charge in [-0.25, -0.2) is 14.8 Å². The first-order valence-corrected chi connectivity index (χ1v) is 9.72. The Balaban J connectivity index is 1.87. The number of benzene rings is 1. The van der Waals surface area contributed by atoms with E-state index in [2.05, 4.69) is 37.6 Å². The number of aromatic nitrogens is 1. The van der Waals surface area contributed by atoms with Crippen LogP contribution >= 0.6 is 11.3 Å². The van der Waals surface area contributed by atoms with E-state index in [0.29, 0.717) is 12.2 Å². The number of hydrogen-bond donors (Lipinski definition) is 3. The Morgan fingerprint density at radius 1 is 1.22 bits per heavy atom. The molecule has 27 heavy (non-hydrogen) atoms. The molecule has 0 radical (unpaired) electrons. The fraction of sp³-hybridized carbons (Fsp3) is 0.421. The Kier molecular flexibility index (Phi) is 8.06. The second-order valence-electron chi connectivity index (χ2n) is 5.93. The summed E-state index contributed by atoms with van der Waals surface area (Å²) >= 11 is 1.75. The quantitative estimate of drug-likeness (QED) is 0.500. The van der Waals surface area contributed by atoms with E-state index in [1.54, 1.807) is 11.3 Å². The predicted octanol–water partition coefficient (Wildman–Crippen LogP) is 3.24. The molecule has 0 fully saturated rings. The number of nitrogens with zero attached hydrogens (tertiary/aromatic N) is 2. The molecule has 3 N–H and O–H groups in total. The van der Waals surface area contributed by atoms with Crippen LogP contribution in [0.25, 0.3) is 0 Å². The number of carbonyl (C=O) groups excluding carboxylic acids is 1. The average Bonchev–Trinajstić information content (AvgIpc) is 2.98. The lowest BCUT2D eigenvalue weighted by molar-refractivity contribution is 0.187. The van der Waals surface area contributed by atoms with Gasteiger partial charge in [0.05, 0.1) is 24.4 Å². The molecule has 0 spiro atoms. The molecule has 1 amide bonds. The number of guanidine groups is 1. The number of ether oxygens (including phenoxy) is 1. The van der Waals surface area contributed by atoms with Gasteiger partial charge < -0.3 is 15.4 Å². The third-order valence-electron chi connectivity index (χ3n) is 3.85. The van der Waals surface area contributed by atoms with Crippen molar-refractivity contribution in [1.82, 2.24) is 15.6 Å². The van der Waals surface area contributed by atoms with Crippen molar-refractivity contribution in [1.29, 1.82) is 0 Å². The summed E-state index contributed by atoms with van der Waals surface area (Å²) in [6.45, 7) is 8.30. The lowest BCUT2D eigenvalue weighted by Crippen LogP contribution is -2.38. The smallest absolute Gasteiger partial charge is 0.411 e. The van der Waals surface area contributed by atoms with Gasteiger partial charge in [0.25, 0.3) is 0 Å². The number of carbonyl (C=O) groups is 1. The van der Waals surface area contributed by atoms with Crippen LogP contribution in [0.1, 0.15) is 28.1 Å². The molecule has 0 aliphatic rings. The van der Waals surface area contributed by atoms with Gasteiger partial charge in [-0.2, -0.15) is 0 Å². The zero-order valence-electron chi connectivity index (χ0n) is 16.3. The normalized spacial score (nSPS) is 11.2. The summed E-state index contributed by atoms with van der Waals surface area (Å²) in [6, 6.07) is 7.52. The molecule has 0 aliphatic carbocycles. The minimum Gasteiger partial charge on any atom is -0.453 e. The number of rotatable bonds is 7. The molecule has 2 rings (SSSR count). The first kappa shape index (κ1) is 20.7.